The van der Waals surface area contributed by atoms with Gasteiger partial charge in [0.1, 0.15) is 10.7 Å². The Hall–Kier alpha value is -3.70. The predicted octanol–water partition coefficient (Wildman–Crippen LogP) is 4.04. The first kappa shape index (κ1) is 17.7. The van der Waals surface area contributed by atoms with Crippen molar-refractivity contribution in [1.29, 1.82) is 5.26 Å². The molecule has 4 aromatic rings. The maximum absolute atomic E-state index is 14.0. The number of aromatic amines is 1. The lowest BCUT2D eigenvalue weighted by Gasteiger charge is -2.07. The fourth-order valence-corrected chi connectivity index (χ4v) is 3.94. The monoisotopic (exact) mass is 392 g/mol. The van der Waals surface area contributed by atoms with Crippen LogP contribution in [0.15, 0.2) is 71.9 Å². The van der Waals surface area contributed by atoms with Gasteiger partial charge in [0, 0.05) is 29.0 Å². The first-order valence-corrected chi connectivity index (χ1v) is 9.71. The minimum atomic E-state index is -4.02. The third-order valence-corrected chi connectivity index (χ3v) is 5.58. The van der Waals surface area contributed by atoms with E-state index in [-0.39, 0.29) is 16.1 Å². The van der Waals surface area contributed by atoms with Gasteiger partial charge in [-0.2, -0.15) is 5.26 Å². The number of rotatable bonds is 4. The largest absolute Gasteiger partial charge is 0.360 e. The number of pyridine rings is 1. The molecule has 0 radical (unpaired) electrons. The summed E-state index contributed by atoms with van der Waals surface area (Å²) in [7, 11) is -4.02. The lowest BCUT2D eigenvalue weighted by Crippen LogP contribution is -2.13. The molecule has 28 heavy (non-hydrogen) atoms. The Morgan fingerprint density at radius 1 is 1.11 bits per heavy atom. The molecule has 2 aromatic carbocycles. The van der Waals surface area contributed by atoms with E-state index in [9.17, 15) is 12.8 Å². The molecule has 2 heterocycles. The van der Waals surface area contributed by atoms with E-state index in [0.717, 1.165) is 22.5 Å². The number of H-pyrrole nitrogens is 1. The predicted molar refractivity (Wildman–Crippen MR) is 103 cm³/mol. The second-order valence-corrected chi connectivity index (χ2v) is 7.72. The molecule has 0 saturated carbocycles. The smallest absolute Gasteiger partial charge is 0.263 e. The van der Waals surface area contributed by atoms with E-state index in [2.05, 4.69) is 14.7 Å². The Morgan fingerprint density at radius 3 is 2.71 bits per heavy atom. The van der Waals surface area contributed by atoms with E-state index in [0.29, 0.717) is 5.69 Å². The number of nitriles is 1. The molecule has 8 heteroatoms. The molecule has 0 aliphatic rings. The lowest BCUT2D eigenvalue weighted by molar-refractivity contribution is 0.598. The summed E-state index contributed by atoms with van der Waals surface area (Å²) in [5, 5.41) is 9.71. The van der Waals surface area contributed by atoms with Crippen molar-refractivity contribution in [2.45, 2.75) is 4.90 Å². The first-order valence-electron chi connectivity index (χ1n) is 8.23. The number of aromatic nitrogens is 2. The Kier molecular flexibility index (Phi) is 4.29. The number of anilines is 1. The number of sulfonamides is 1. The molecule has 2 aromatic heterocycles. The Labute approximate surface area is 160 Å². The van der Waals surface area contributed by atoms with Crippen LogP contribution in [0, 0.1) is 17.1 Å². The fourth-order valence-electron chi connectivity index (χ4n) is 2.88. The summed E-state index contributed by atoms with van der Waals surface area (Å²) in [6.07, 6.45) is 3.00. The van der Waals surface area contributed by atoms with Crippen LogP contribution < -0.4 is 4.72 Å². The number of nitrogens with one attached hydrogen (secondary N) is 2. The van der Waals surface area contributed by atoms with Crippen molar-refractivity contribution in [2.75, 3.05) is 4.72 Å². The van der Waals surface area contributed by atoms with Crippen molar-refractivity contribution in [3.8, 4) is 17.3 Å². The second-order valence-electron chi connectivity index (χ2n) is 6.04. The molecule has 2 N–H and O–H groups in total. The molecule has 0 unspecified atom stereocenters. The zero-order valence-corrected chi connectivity index (χ0v) is 15.2. The topological polar surface area (TPSA) is 98.6 Å². The lowest BCUT2D eigenvalue weighted by atomic mass is 10.1. The van der Waals surface area contributed by atoms with Crippen molar-refractivity contribution in [3.05, 3.63) is 78.4 Å². The van der Waals surface area contributed by atoms with Gasteiger partial charge in [-0.1, -0.05) is 24.3 Å². The molecule has 138 valence electrons. The molecule has 0 aliphatic heterocycles. The minimum Gasteiger partial charge on any atom is -0.360 e. The molecule has 0 bridgehead atoms. The zero-order chi connectivity index (χ0) is 19.7. The van der Waals surface area contributed by atoms with E-state index in [1.165, 1.54) is 24.4 Å². The van der Waals surface area contributed by atoms with Gasteiger partial charge < -0.3 is 4.98 Å². The summed E-state index contributed by atoms with van der Waals surface area (Å²) in [5.41, 5.74) is 1.94. The number of hydrogen-bond acceptors (Lipinski definition) is 4. The molecule has 0 fully saturated rings. The summed E-state index contributed by atoms with van der Waals surface area (Å²) < 4.78 is 41.5. The number of hydrogen-bond donors (Lipinski definition) is 2. The average Bonchev–Trinajstić information content (AvgIpc) is 3.20. The van der Waals surface area contributed by atoms with Crippen molar-refractivity contribution in [1.82, 2.24) is 9.97 Å². The van der Waals surface area contributed by atoms with Gasteiger partial charge in [-0.05, 0) is 30.3 Å². The summed E-state index contributed by atoms with van der Waals surface area (Å²) in [6, 6.07) is 16.2. The Balaban J connectivity index is 1.69. The first-order chi connectivity index (χ1) is 13.5. The van der Waals surface area contributed by atoms with E-state index in [1.807, 2.05) is 30.3 Å². The van der Waals surface area contributed by atoms with E-state index in [4.69, 9.17) is 5.26 Å². The van der Waals surface area contributed by atoms with Crippen LogP contribution in [0.2, 0.25) is 0 Å². The van der Waals surface area contributed by atoms with Gasteiger partial charge >= 0.3 is 0 Å². The number of fused-ring (bicyclic) bond motifs is 1. The number of para-hydroxylation sites is 1. The minimum absolute atomic E-state index is 0.0424. The molecule has 0 amide bonds. The molecule has 0 aliphatic carbocycles. The van der Waals surface area contributed by atoms with Crippen LogP contribution in [0.3, 0.4) is 0 Å². The van der Waals surface area contributed by atoms with Crippen LogP contribution in [-0.4, -0.2) is 18.4 Å². The normalized spacial score (nSPS) is 11.3. The third-order valence-electron chi connectivity index (χ3n) is 4.23. The molecule has 0 saturated heterocycles. The van der Waals surface area contributed by atoms with Crippen LogP contribution >= 0.6 is 0 Å². The van der Waals surface area contributed by atoms with Gasteiger partial charge in [0.2, 0.25) is 0 Å². The highest BCUT2D eigenvalue weighted by Crippen LogP contribution is 2.28. The summed E-state index contributed by atoms with van der Waals surface area (Å²) in [5.74, 6) is -0.823. The summed E-state index contributed by atoms with van der Waals surface area (Å²) in [6.45, 7) is 0. The quantitative estimate of drug-likeness (QED) is 0.547. The van der Waals surface area contributed by atoms with Gasteiger partial charge in [0.25, 0.3) is 10.0 Å². The molecular weight excluding hydrogens is 379 g/mol. The number of benzene rings is 2. The van der Waals surface area contributed by atoms with Crippen LogP contribution in [0.25, 0.3) is 22.2 Å². The van der Waals surface area contributed by atoms with Crippen molar-refractivity contribution in [3.63, 3.8) is 0 Å². The summed E-state index contributed by atoms with van der Waals surface area (Å²) in [4.78, 5) is 7.26. The average molecular weight is 392 g/mol. The molecular formula is C20H13FN4O2S. The SMILES string of the molecule is N#Cc1ccc(NS(=O)(=O)c2c[nH]c(-c3cccc4cccnc34)c2)c(F)c1. The van der Waals surface area contributed by atoms with Gasteiger partial charge in [0.15, 0.2) is 0 Å². The van der Waals surface area contributed by atoms with Gasteiger partial charge in [0.05, 0.1) is 22.8 Å². The van der Waals surface area contributed by atoms with Crippen LogP contribution in [-0.2, 0) is 10.0 Å². The Morgan fingerprint density at radius 2 is 1.93 bits per heavy atom. The molecule has 0 atom stereocenters. The summed E-state index contributed by atoms with van der Waals surface area (Å²) >= 11 is 0. The third kappa shape index (κ3) is 3.19. The van der Waals surface area contributed by atoms with E-state index in [1.54, 1.807) is 12.3 Å². The molecule has 6 nitrogen and oxygen atoms in total. The Bertz CT molecular complexity index is 1330. The highest BCUT2D eigenvalue weighted by molar-refractivity contribution is 7.92. The highest BCUT2D eigenvalue weighted by Gasteiger charge is 2.19. The number of nitrogens with zero attached hydrogens (tertiary/aromatic N) is 2. The zero-order valence-electron chi connectivity index (χ0n) is 14.3. The maximum Gasteiger partial charge on any atom is 0.263 e. The number of halogens is 1. The van der Waals surface area contributed by atoms with Crippen LogP contribution in [0.1, 0.15) is 5.56 Å². The second kappa shape index (κ2) is 6.79. The van der Waals surface area contributed by atoms with E-state index < -0.39 is 15.8 Å². The highest BCUT2D eigenvalue weighted by atomic mass is 32.2. The van der Waals surface area contributed by atoms with Gasteiger partial charge in [-0.3, -0.25) is 9.71 Å². The molecule has 4 rings (SSSR count). The maximum atomic E-state index is 14.0. The standard InChI is InChI=1S/C20H13FN4O2S/c21-17-9-13(11-22)6-7-18(17)25-28(26,27)15-10-19(24-12-15)16-5-1-3-14-4-2-8-23-20(14)16/h1-10,12,24-25H. The van der Waals surface area contributed by atoms with Gasteiger partial charge in [-0.15, -0.1) is 0 Å². The van der Waals surface area contributed by atoms with E-state index >= 15 is 0 Å². The van der Waals surface area contributed by atoms with Crippen LogP contribution in [0.4, 0.5) is 10.1 Å². The molecule has 0 spiro atoms. The van der Waals surface area contributed by atoms with Crippen molar-refractivity contribution in [2.24, 2.45) is 0 Å². The van der Waals surface area contributed by atoms with Crippen LogP contribution in [0.5, 0.6) is 0 Å². The van der Waals surface area contributed by atoms with Crippen molar-refractivity contribution >= 4 is 26.6 Å². The fraction of sp³-hybridized carbons (Fsp3) is 0. The van der Waals surface area contributed by atoms with Gasteiger partial charge in [-0.25, -0.2) is 12.8 Å². The van der Waals surface area contributed by atoms with Crippen molar-refractivity contribution < 1.29 is 12.8 Å².